The minimum atomic E-state index is -0.730. The van der Waals surface area contributed by atoms with Crippen LogP contribution in [0.25, 0.3) is 0 Å². The zero-order chi connectivity index (χ0) is 14.3. The summed E-state index contributed by atoms with van der Waals surface area (Å²) in [7, 11) is 0. The maximum atomic E-state index is 11.6. The molecule has 5 nitrogen and oxygen atoms in total. The Hall–Kier alpha value is -1.88. The lowest BCUT2D eigenvalue weighted by Gasteiger charge is -2.14. The number of benzene rings is 1. The van der Waals surface area contributed by atoms with Crippen molar-refractivity contribution < 1.29 is 14.7 Å². The van der Waals surface area contributed by atoms with E-state index in [1.165, 1.54) is 5.56 Å². The minimum Gasteiger partial charge on any atom is -0.395 e. The molecule has 2 amide bonds. The molecule has 104 valence electrons. The van der Waals surface area contributed by atoms with Gasteiger partial charge in [-0.15, -0.1) is 0 Å². The number of hydrogen-bond donors (Lipinski definition) is 3. The molecule has 3 N–H and O–H groups in total. The molecule has 0 bridgehead atoms. The van der Waals surface area contributed by atoms with Crippen LogP contribution in [0.1, 0.15) is 31.0 Å². The number of hydrogen-bond acceptors (Lipinski definition) is 3. The number of carbonyl (C=O) groups excluding carboxylic acids is 2. The van der Waals surface area contributed by atoms with Gasteiger partial charge in [0.05, 0.1) is 12.6 Å². The lowest BCUT2D eigenvalue weighted by Crippen LogP contribution is -2.41. The molecule has 0 aliphatic carbocycles. The fourth-order valence-electron chi connectivity index (χ4n) is 1.64. The molecule has 5 heteroatoms. The van der Waals surface area contributed by atoms with E-state index in [2.05, 4.69) is 17.6 Å². The molecular weight excluding hydrogens is 244 g/mol. The third-order valence-corrected chi connectivity index (χ3v) is 2.84. The minimum absolute atomic E-state index is 0.0752. The smallest absolute Gasteiger partial charge is 0.309 e. The van der Waals surface area contributed by atoms with Crippen molar-refractivity contribution in [2.75, 3.05) is 13.2 Å². The fraction of sp³-hybridized carbons (Fsp3) is 0.429. The Bertz CT molecular complexity index is 429. The molecule has 0 saturated heterocycles. The average Bonchev–Trinajstić information content (AvgIpc) is 2.44. The van der Waals surface area contributed by atoms with Crippen LogP contribution in [0.2, 0.25) is 0 Å². The molecule has 0 aromatic heterocycles. The van der Waals surface area contributed by atoms with E-state index in [0.717, 1.165) is 12.0 Å². The Balaban J connectivity index is 2.55. The first kappa shape index (κ1) is 15.2. The second-order valence-electron chi connectivity index (χ2n) is 4.27. The van der Waals surface area contributed by atoms with Gasteiger partial charge in [0, 0.05) is 6.54 Å². The first-order chi connectivity index (χ1) is 9.08. The summed E-state index contributed by atoms with van der Waals surface area (Å²) in [5, 5.41) is 13.5. The van der Waals surface area contributed by atoms with Gasteiger partial charge in [0.15, 0.2) is 0 Å². The Morgan fingerprint density at radius 1 is 1.21 bits per heavy atom. The summed E-state index contributed by atoms with van der Waals surface area (Å²) in [5.41, 5.74) is 2.17. The quantitative estimate of drug-likeness (QED) is 0.679. The highest BCUT2D eigenvalue weighted by molar-refractivity contribution is 6.35. The standard InChI is InChI=1S/C14H20N2O3/c1-3-11-4-6-12(7-5-11)10(2)16-14(19)13(18)15-8-9-17/h4-7,10,17H,3,8-9H2,1-2H3,(H,15,18)(H,16,19). The first-order valence-electron chi connectivity index (χ1n) is 6.36. The number of aryl methyl sites for hydroxylation is 1. The second kappa shape index (κ2) is 7.53. The van der Waals surface area contributed by atoms with E-state index in [1.807, 2.05) is 31.2 Å². The maximum absolute atomic E-state index is 11.6. The monoisotopic (exact) mass is 264 g/mol. The maximum Gasteiger partial charge on any atom is 0.309 e. The number of carbonyl (C=O) groups is 2. The SMILES string of the molecule is CCc1ccc(C(C)NC(=O)C(=O)NCCO)cc1. The van der Waals surface area contributed by atoms with Gasteiger partial charge in [0.2, 0.25) is 0 Å². The molecule has 1 unspecified atom stereocenters. The molecule has 1 rings (SSSR count). The van der Waals surface area contributed by atoms with E-state index < -0.39 is 11.8 Å². The van der Waals surface area contributed by atoms with Crippen LogP contribution in [0.4, 0.5) is 0 Å². The van der Waals surface area contributed by atoms with Crippen LogP contribution in [-0.2, 0) is 16.0 Å². The molecule has 0 radical (unpaired) electrons. The Morgan fingerprint density at radius 2 is 1.84 bits per heavy atom. The molecule has 0 aliphatic heterocycles. The molecule has 19 heavy (non-hydrogen) atoms. The number of nitrogens with one attached hydrogen (secondary N) is 2. The van der Waals surface area contributed by atoms with Gasteiger partial charge in [-0.1, -0.05) is 31.2 Å². The average molecular weight is 264 g/mol. The van der Waals surface area contributed by atoms with Crippen molar-refractivity contribution in [1.82, 2.24) is 10.6 Å². The summed E-state index contributed by atoms with van der Waals surface area (Å²) in [6, 6.07) is 7.65. The van der Waals surface area contributed by atoms with Gasteiger partial charge in [0.25, 0.3) is 0 Å². The van der Waals surface area contributed by atoms with Crippen LogP contribution in [0.3, 0.4) is 0 Å². The molecule has 1 aromatic rings. The number of amides is 2. The van der Waals surface area contributed by atoms with Gasteiger partial charge in [-0.05, 0) is 24.5 Å². The molecule has 0 heterocycles. The van der Waals surface area contributed by atoms with Crippen molar-refractivity contribution in [3.05, 3.63) is 35.4 Å². The summed E-state index contributed by atoms with van der Waals surface area (Å²) in [5.74, 6) is -1.42. The summed E-state index contributed by atoms with van der Waals surface area (Å²) in [6.07, 6.45) is 0.963. The number of aliphatic hydroxyl groups is 1. The van der Waals surface area contributed by atoms with Crippen LogP contribution in [0, 0.1) is 0 Å². The molecule has 1 atom stereocenters. The van der Waals surface area contributed by atoms with Crippen molar-refractivity contribution in [2.45, 2.75) is 26.3 Å². The largest absolute Gasteiger partial charge is 0.395 e. The van der Waals surface area contributed by atoms with E-state index in [1.54, 1.807) is 0 Å². The highest BCUT2D eigenvalue weighted by atomic mass is 16.3. The Labute approximate surface area is 113 Å². The van der Waals surface area contributed by atoms with E-state index in [0.29, 0.717) is 0 Å². The van der Waals surface area contributed by atoms with Gasteiger partial charge in [0.1, 0.15) is 0 Å². The van der Waals surface area contributed by atoms with E-state index >= 15 is 0 Å². The molecule has 0 fully saturated rings. The van der Waals surface area contributed by atoms with Crippen LogP contribution in [0.15, 0.2) is 24.3 Å². The van der Waals surface area contributed by atoms with Crippen molar-refractivity contribution >= 4 is 11.8 Å². The number of aliphatic hydroxyl groups excluding tert-OH is 1. The fourth-order valence-corrected chi connectivity index (χ4v) is 1.64. The van der Waals surface area contributed by atoms with Crippen molar-refractivity contribution in [3.8, 4) is 0 Å². The lowest BCUT2D eigenvalue weighted by molar-refractivity contribution is -0.139. The second-order valence-corrected chi connectivity index (χ2v) is 4.27. The van der Waals surface area contributed by atoms with Crippen LogP contribution >= 0.6 is 0 Å². The molecule has 0 aliphatic rings. The Morgan fingerprint density at radius 3 is 2.37 bits per heavy atom. The summed E-state index contributed by atoms with van der Waals surface area (Å²) in [6.45, 7) is 3.78. The highest BCUT2D eigenvalue weighted by Crippen LogP contribution is 2.13. The summed E-state index contributed by atoms with van der Waals surface area (Å²) >= 11 is 0. The van der Waals surface area contributed by atoms with Gasteiger partial charge in [-0.3, -0.25) is 9.59 Å². The zero-order valence-electron chi connectivity index (χ0n) is 11.3. The van der Waals surface area contributed by atoms with Crippen LogP contribution < -0.4 is 10.6 Å². The molecular formula is C14H20N2O3. The van der Waals surface area contributed by atoms with Crippen molar-refractivity contribution in [1.29, 1.82) is 0 Å². The lowest BCUT2D eigenvalue weighted by atomic mass is 10.1. The normalized spacial score (nSPS) is 11.7. The molecule has 1 aromatic carbocycles. The third-order valence-electron chi connectivity index (χ3n) is 2.84. The zero-order valence-corrected chi connectivity index (χ0v) is 11.3. The molecule has 0 spiro atoms. The Kier molecular flexibility index (Phi) is 6.02. The van der Waals surface area contributed by atoms with Gasteiger partial charge >= 0.3 is 11.8 Å². The number of rotatable bonds is 5. The topological polar surface area (TPSA) is 78.4 Å². The summed E-state index contributed by atoms with van der Waals surface area (Å²) in [4.78, 5) is 22.9. The third kappa shape index (κ3) is 4.71. The van der Waals surface area contributed by atoms with Gasteiger partial charge in [-0.25, -0.2) is 0 Å². The van der Waals surface area contributed by atoms with Crippen molar-refractivity contribution in [2.24, 2.45) is 0 Å². The highest BCUT2D eigenvalue weighted by Gasteiger charge is 2.16. The first-order valence-corrected chi connectivity index (χ1v) is 6.36. The van der Waals surface area contributed by atoms with Gasteiger partial charge < -0.3 is 15.7 Å². The van der Waals surface area contributed by atoms with Crippen molar-refractivity contribution in [3.63, 3.8) is 0 Å². The van der Waals surface area contributed by atoms with Gasteiger partial charge in [-0.2, -0.15) is 0 Å². The summed E-state index contributed by atoms with van der Waals surface area (Å²) < 4.78 is 0. The molecule has 0 saturated carbocycles. The van der Waals surface area contributed by atoms with Crippen LogP contribution in [0.5, 0.6) is 0 Å². The van der Waals surface area contributed by atoms with E-state index in [9.17, 15) is 9.59 Å². The van der Waals surface area contributed by atoms with E-state index in [-0.39, 0.29) is 19.2 Å². The predicted molar refractivity (Wildman–Crippen MR) is 72.5 cm³/mol. The van der Waals surface area contributed by atoms with E-state index in [4.69, 9.17) is 5.11 Å². The predicted octanol–water partition coefficient (Wildman–Crippen LogP) is 0.535. The van der Waals surface area contributed by atoms with Crippen LogP contribution in [-0.4, -0.2) is 30.1 Å².